The Balaban J connectivity index is 1.97. The van der Waals surface area contributed by atoms with Gasteiger partial charge in [-0.25, -0.2) is 0 Å². The molecule has 1 aromatic carbocycles. The van der Waals surface area contributed by atoms with E-state index in [9.17, 15) is 0 Å². The minimum Gasteiger partial charge on any atom is -0.376 e. The summed E-state index contributed by atoms with van der Waals surface area (Å²) in [6.07, 6.45) is 1.12. The molecular weight excluding hydrogens is 236 g/mol. The van der Waals surface area contributed by atoms with Gasteiger partial charge in [-0.3, -0.25) is 0 Å². The normalized spacial score (nSPS) is 22.2. The van der Waals surface area contributed by atoms with Crippen molar-refractivity contribution >= 4 is 0 Å². The largest absolute Gasteiger partial charge is 0.376 e. The molecule has 1 aliphatic rings. The number of hydrogen-bond acceptors (Lipinski definition) is 3. The van der Waals surface area contributed by atoms with Crippen LogP contribution in [0, 0.1) is 0 Å². The topological polar surface area (TPSA) is 47.3 Å². The molecule has 1 saturated heterocycles. The van der Waals surface area contributed by atoms with Crippen LogP contribution in [0.4, 0.5) is 0 Å². The molecule has 106 valence electrons. The minimum atomic E-state index is 0.0546. The molecule has 1 heterocycles. The van der Waals surface area contributed by atoms with Gasteiger partial charge in [0.15, 0.2) is 0 Å². The van der Waals surface area contributed by atoms with Crippen LogP contribution >= 0.6 is 0 Å². The summed E-state index contributed by atoms with van der Waals surface area (Å²) in [5.74, 6) is 0. The van der Waals surface area contributed by atoms with Crippen LogP contribution in [0.2, 0.25) is 0 Å². The molecule has 2 rings (SSSR count). The molecule has 3 N–H and O–H groups in total. The highest BCUT2D eigenvalue weighted by Gasteiger charge is 2.19. The Hall–Kier alpha value is -0.900. The maximum absolute atomic E-state index is 6.28. The van der Waals surface area contributed by atoms with Crippen LogP contribution in [0.25, 0.3) is 0 Å². The van der Waals surface area contributed by atoms with Crippen LogP contribution in [0.3, 0.4) is 0 Å². The second-order valence-electron chi connectivity index (χ2n) is 6.41. The van der Waals surface area contributed by atoms with E-state index in [1.807, 2.05) is 0 Å². The van der Waals surface area contributed by atoms with Crippen LogP contribution < -0.4 is 11.1 Å². The molecule has 3 nitrogen and oxygen atoms in total. The van der Waals surface area contributed by atoms with Crippen molar-refractivity contribution in [3.63, 3.8) is 0 Å². The van der Waals surface area contributed by atoms with E-state index in [0.29, 0.717) is 0 Å². The third kappa shape index (κ3) is 4.03. The molecule has 0 amide bonds. The number of benzene rings is 1. The van der Waals surface area contributed by atoms with Gasteiger partial charge in [-0.2, -0.15) is 0 Å². The van der Waals surface area contributed by atoms with Crippen molar-refractivity contribution in [2.75, 3.05) is 19.7 Å². The van der Waals surface area contributed by atoms with Crippen molar-refractivity contribution in [1.29, 1.82) is 0 Å². The van der Waals surface area contributed by atoms with Crippen molar-refractivity contribution < 1.29 is 4.74 Å². The van der Waals surface area contributed by atoms with Crippen LogP contribution in [0.5, 0.6) is 0 Å². The molecule has 0 saturated carbocycles. The fourth-order valence-corrected chi connectivity index (χ4v) is 2.42. The Morgan fingerprint density at radius 3 is 2.53 bits per heavy atom. The van der Waals surface area contributed by atoms with Gasteiger partial charge in [-0.05, 0) is 23.0 Å². The van der Waals surface area contributed by atoms with Gasteiger partial charge in [0.1, 0.15) is 0 Å². The quantitative estimate of drug-likeness (QED) is 0.879. The van der Waals surface area contributed by atoms with E-state index in [2.05, 4.69) is 50.4 Å². The summed E-state index contributed by atoms with van der Waals surface area (Å²) in [6, 6.07) is 8.74. The first kappa shape index (κ1) is 14.5. The molecule has 0 aromatic heterocycles. The molecule has 0 aliphatic carbocycles. The lowest BCUT2D eigenvalue weighted by Gasteiger charge is -2.26. The maximum Gasteiger partial charge on any atom is 0.0718 e. The number of nitrogens with two attached hydrogens (primary N) is 1. The van der Waals surface area contributed by atoms with E-state index in [0.717, 1.165) is 26.1 Å². The van der Waals surface area contributed by atoms with E-state index in [1.165, 1.54) is 11.1 Å². The lowest BCUT2D eigenvalue weighted by atomic mass is 9.86. The minimum absolute atomic E-state index is 0.0546. The van der Waals surface area contributed by atoms with Crippen molar-refractivity contribution in [3.8, 4) is 0 Å². The van der Waals surface area contributed by atoms with Gasteiger partial charge in [-0.1, -0.05) is 45.0 Å². The van der Waals surface area contributed by atoms with E-state index in [1.54, 1.807) is 0 Å². The van der Waals surface area contributed by atoms with Gasteiger partial charge in [0.05, 0.1) is 12.7 Å². The molecule has 1 fully saturated rings. The zero-order chi connectivity index (χ0) is 13.9. The zero-order valence-electron chi connectivity index (χ0n) is 12.3. The predicted molar refractivity (Wildman–Crippen MR) is 79.3 cm³/mol. The summed E-state index contributed by atoms with van der Waals surface area (Å²) < 4.78 is 5.71. The number of rotatable bonds is 3. The molecule has 19 heavy (non-hydrogen) atoms. The third-order valence-electron chi connectivity index (χ3n) is 3.73. The first-order chi connectivity index (χ1) is 8.97. The lowest BCUT2D eigenvalue weighted by molar-refractivity contribution is 0.0195. The Bertz CT molecular complexity index is 388. The molecule has 3 heteroatoms. The summed E-state index contributed by atoms with van der Waals surface area (Å²) in [5.41, 5.74) is 9.01. The standard InChI is InChI=1S/C16H26N2O/c1-16(2,3)13-6-4-12(5-7-13)15(17)10-14-11-18-8-9-19-14/h4-7,14-15,18H,8-11,17H2,1-3H3. The van der Waals surface area contributed by atoms with Gasteiger partial charge in [0.2, 0.25) is 0 Å². The lowest BCUT2D eigenvalue weighted by Crippen LogP contribution is -2.40. The van der Waals surface area contributed by atoms with Crippen LogP contribution in [-0.2, 0) is 10.2 Å². The van der Waals surface area contributed by atoms with E-state index in [4.69, 9.17) is 10.5 Å². The number of hydrogen-bond donors (Lipinski definition) is 2. The number of nitrogens with one attached hydrogen (secondary N) is 1. The van der Waals surface area contributed by atoms with E-state index >= 15 is 0 Å². The molecular formula is C16H26N2O. The van der Waals surface area contributed by atoms with E-state index in [-0.39, 0.29) is 17.6 Å². The first-order valence-electron chi connectivity index (χ1n) is 7.15. The van der Waals surface area contributed by atoms with Crippen LogP contribution in [0.1, 0.15) is 44.4 Å². The molecule has 0 spiro atoms. The summed E-state index contributed by atoms with van der Waals surface area (Å²) >= 11 is 0. The SMILES string of the molecule is CC(C)(C)c1ccc(C(N)CC2CNCCO2)cc1. The summed E-state index contributed by atoms with van der Waals surface area (Å²) in [6.45, 7) is 9.33. The van der Waals surface area contributed by atoms with Crippen LogP contribution in [0.15, 0.2) is 24.3 Å². The Morgan fingerprint density at radius 2 is 2.00 bits per heavy atom. The van der Waals surface area contributed by atoms with Crippen molar-refractivity contribution in [2.45, 2.75) is 44.8 Å². The number of ether oxygens (including phenoxy) is 1. The highest BCUT2D eigenvalue weighted by molar-refractivity contribution is 5.29. The van der Waals surface area contributed by atoms with Crippen molar-refractivity contribution in [1.82, 2.24) is 5.32 Å². The van der Waals surface area contributed by atoms with Crippen molar-refractivity contribution in [3.05, 3.63) is 35.4 Å². The van der Waals surface area contributed by atoms with Crippen molar-refractivity contribution in [2.24, 2.45) is 5.73 Å². The Kier molecular flexibility index (Phi) is 4.61. The fourth-order valence-electron chi connectivity index (χ4n) is 2.42. The average molecular weight is 262 g/mol. The summed E-state index contributed by atoms with van der Waals surface area (Å²) in [5, 5.41) is 3.34. The maximum atomic E-state index is 6.28. The Morgan fingerprint density at radius 1 is 1.32 bits per heavy atom. The van der Waals surface area contributed by atoms with Gasteiger partial charge >= 0.3 is 0 Å². The van der Waals surface area contributed by atoms with Gasteiger partial charge in [0, 0.05) is 19.1 Å². The molecule has 0 radical (unpaired) electrons. The average Bonchev–Trinajstić information content (AvgIpc) is 2.39. The highest BCUT2D eigenvalue weighted by atomic mass is 16.5. The molecule has 2 atom stereocenters. The first-order valence-corrected chi connectivity index (χ1v) is 7.15. The smallest absolute Gasteiger partial charge is 0.0718 e. The molecule has 2 unspecified atom stereocenters. The van der Waals surface area contributed by atoms with Gasteiger partial charge in [0.25, 0.3) is 0 Å². The Labute approximate surface area is 116 Å². The molecule has 1 aromatic rings. The zero-order valence-corrected chi connectivity index (χ0v) is 12.3. The highest BCUT2D eigenvalue weighted by Crippen LogP contribution is 2.25. The molecule has 0 bridgehead atoms. The monoisotopic (exact) mass is 262 g/mol. The van der Waals surface area contributed by atoms with Gasteiger partial charge in [-0.15, -0.1) is 0 Å². The summed E-state index contributed by atoms with van der Waals surface area (Å²) in [7, 11) is 0. The fraction of sp³-hybridized carbons (Fsp3) is 0.625. The third-order valence-corrected chi connectivity index (χ3v) is 3.73. The van der Waals surface area contributed by atoms with Crippen LogP contribution in [-0.4, -0.2) is 25.8 Å². The van der Waals surface area contributed by atoms with E-state index < -0.39 is 0 Å². The number of morpholine rings is 1. The predicted octanol–water partition coefficient (Wildman–Crippen LogP) is 2.36. The molecule has 1 aliphatic heterocycles. The summed E-state index contributed by atoms with van der Waals surface area (Å²) in [4.78, 5) is 0. The second kappa shape index (κ2) is 6.04. The second-order valence-corrected chi connectivity index (χ2v) is 6.41. The van der Waals surface area contributed by atoms with Gasteiger partial charge < -0.3 is 15.8 Å².